The van der Waals surface area contributed by atoms with E-state index in [9.17, 15) is 19.5 Å². The topological polar surface area (TPSA) is 111 Å². The van der Waals surface area contributed by atoms with Crippen LogP contribution in [0, 0.1) is 6.92 Å². The Morgan fingerprint density at radius 2 is 2.00 bits per heavy atom. The highest BCUT2D eigenvalue weighted by Crippen LogP contribution is 2.16. The molecule has 1 unspecified atom stereocenters. The van der Waals surface area contributed by atoms with E-state index >= 15 is 0 Å². The Morgan fingerprint density at radius 3 is 2.57 bits per heavy atom. The number of piperazine rings is 1. The lowest BCUT2D eigenvalue weighted by molar-refractivity contribution is -0.144. The van der Waals surface area contributed by atoms with Crippen LogP contribution in [-0.4, -0.2) is 68.6 Å². The van der Waals surface area contributed by atoms with Crippen LogP contribution in [0.4, 0.5) is 4.79 Å². The fourth-order valence-electron chi connectivity index (χ4n) is 2.25. The van der Waals surface area contributed by atoms with Gasteiger partial charge in [-0.2, -0.15) is 0 Å². The summed E-state index contributed by atoms with van der Waals surface area (Å²) in [6.07, 6.45) is 1.74. The number of hydrogen-bond donors (Lipinski definition) is 2. The maximum Gasteiger partial charge on any atom is 0.407 e. The molecule has 1 aliphatic rings. The maximum absolute atomic E-state index is 12.5. The molecule has 0 aromatic carbocycles. The maximum atomic E-state index is 12.5. The van der Waals surface area contributed by atoms with E-state index in [1.54, 1.807) is 19.2 Å². The van der Waals surface area contributed by atoms with E-state index in [4.69, 9.17) is 5.11 Å². The average Bonchev–Trinajstić information content (AvgIpc) is 2.46. The van der Waals surface area contributed by atoms with E-state index < -0.39 is 24.0 Å². The van der Waals surface area contributed by atoms with E-state index in [1.165, 1.54) is 11.1 Å². The number of nitrogens with zero attached hydrogens (tertiary/aromatic N) is 3. The molecule has 112 valence electrons. The van der Waals surface area contributed by atoms with Gasteiger partial charge in [0, 0.05) is 25.5 Å². The molecule has 1 aliphatic heterocycles. The minimum atomic E-state index is -1.23. The molecule has 0 spiro atoms. The van der Waals surface area contributed by atoms with Gasteiger partial charge in [-0.25, -0.2) is 9.59 Å². The van der Waals surface area contributed by atoms with Crippen LogP contribution in [0.3, 0.4) is 0 Å². The van der Waals surface area contributed by atoms with Crippen LogP contribution in [0.5, 0.6) is 0 Å². The second-order valence-corrected chi connectivity index (χ2v) is 4.77. The van der Waals surface area contributed by atoms with Crippen LogP contribution in [0.2, 0.25) is 0 Å². The molecule has 0 saturated carbocycles. The number of carboxylic acids is 1. The van der Waals surface area contributed by atoms with Gasteiger partial charge in [-0.3, -0.25) is 9.78 Å². The summed E-state index contributed by atoms with van der Waals surface area (Å²) in [5.74, 6) is -1.67. The number of aliphatic carboxylic acids is 1. The molecular weight excluding hydrogens is 278 g/mol. The Morgan fingerprint density at radius 1 is 1.29 bits per heavy atom. The number of carbonyl (C=O) groups is 3. The molecule has 2 rings (SSSR count). The molecule has 2 amide bonds. The fourth-order valence-corrected chi connectivity index (χ4v) is 2.25. The molecule has 0 aliphatic carbocycles. The Kier molecular flexibility index (Phi) is 4.06. The van der Waals surface area contributed by atoms with Gasteiger partial charge in [0.05, 0.1) is 12.1 Å². The molecular formula is C13H15N3O5. The summed E-state index contributed by atoms with van der Waals surface area (Å²) in [5, 5.41) is 18.2. The Balaban J connectivity index is 2.26. The Hall–Kier alpha value is -2.64. The largest absolute Gasteiger partial charge is 0.480 e. The number of carbonyl (C=O) groups excluding carboxylic acids is 1. The summed E-state index contributed by atoms with van der Waals surface area (Å²) < 4.78 is 0. The lowest BCUT2D eigenvalue weighted by Gasteiger charge is -2.38. The zero-order valence-electron chi connectivity index (χ0n) is 11.4. The molecule has 1 saturated heterocycles. The third kappa shape index (κ3) is 2.93. The number of hydrogen-bond acceptors (Lipinski definition) is 4. The van der Waals surface area contributed by atoms with Crippen molar-refractivity contribution < 1.29 is 24.6 Å². The lowest BCUT2D eigenvalue weighted by Crippen LogP contribution is -2.59. The van der Waals surface area contributed by atoms with E-state index in [1.807, 2.05) is 0 Å². The van der Waals surface area contributed by atoms with Gasteiger partial charge in [0.1, 0.15) is 6.04 Å². The first-order valence-electron chi connectivity index (χ1n) is 6.34. The first-order valence-corrected chi connectivity index (χ1v) is 6.34. The van der Waals surface area contributed by atoms with Crippen molar-refractivity contribution in [1.29, 1.82) is 0 Å². The van der Waals surface area contributed by atoms with Gasteiger partial charge < -0.3 is 20.0 Å². The zero-order valence-corrected chi connectivity index (χ0v) is 11.4. The second-order valence-electron chi connectivity index (χ2n) is 4.77. The molecule has 1 fully saturated rings. The van der Waals surface area contributed by atoms with Crippen molar-refractivity contribution in [2.45, 2.75) is 13.0 Å². The molecule has 2 N–H and O–H groups in total. The minimum Gasteiger partial charge on any atom is -0.480 e. The van der Waals surface area contributed by atoms with Crippen molar-refractivity contribution in [2.75, 3.05) is 19.6 Å². The van der Waals surface area contributed by atoms with E-state index in [0.717, 1.165) is 4.90 Å². The quantitative estimate of drug-likeness (QED) is 0.810. The predicted octanol–water partition coefficient (Wildman–Crippen LogP) is 0.279. The first kappa shape index (κ1) is 14.8. The monoisotopic (exact) mass is 293 g/mol. The molecule has 21 heavy (non-hydrogen) atoms. The number of pyridine rings is 1. The Bertz CT molecular complexity index is 589. The molecule has 8 nitrogen and oxygen atoms in total. The minimum absolute atomic E-state index is 0.0381. The highest BCUT2D eigenvalue weighted by molar-refractivity contribution is 5.97. The SMILES string of the molecule is Cc1ccncc1C(=O)N1CCN(C(=O)O)CC1C(=O)O. The summed E-state index contributed by atoms with van der Waals surface area (Å²) in [6.45, 7) is 1.62. The predicted molar refractivity (Wildman–Crippen MR) is 71.0 cm³/mol. The van der Waals surface area contributed by atoms with Gasteiger partial charge in [0.25, 0.3) is 5.91 Å². The van der Waals surface area contributed by atoms with Crippen LogP contribution < -0.4 is 0 Å². The van der Waals surface area contributed by atoms with Crippen molar-refractivity contribution in [1.82, 2.24) is 14.8 Å². The zero-order chi connectivity index (χ0) is 15.6. The highest BCUT2D eigenvalue weighted by Gasteiger charge is 2.37. The van der Waals surface area contributed by atoms with E-state index in [-0.39, 0.29) is 19.6 Å². The second kappa shape index (κ2) is 5.78. The third-order valence-electron chi connectivity index (χ3n) is 3.47. The summed E-state index contributed by atoms with van der Waals surface area (Å²) in [4.78, 5) is 40.8. The number of rotatable bonds is 2. The smallest absolute Gasteiger partial charge is 0.407 e. The van der Waals surface area contributed by atoms with Crippen molar-refractivity contribution in [3.63, 3.8) is 0 Å². The van der Waals surface area contributed by atoms with Gasteiger partial charge in [-0.1, -0.05) is 0 Å². The number of carboxylic acid groups (broad SMARTS) is 2. The van der Waals surface area contributed by atoms with Crippen molar-refractivity contribution >= 4 is 18.0 Å². The summed E-state index contributed by atoms with van der Waals surface area (Å²) >= 11 is 0. The molecule has 1 atom stereocenters. The number of aromatic nitrogens is 1. The van der Waals surface area contributed by atoms with Gasteiger partial charge in [-0.05, 0) is 18.6 Å². The van der Waals surface area contributed by atoms with Crippen LogP contribution in [0.15, 0.2) is 18.5 Å². The van der Waals surface area contributed by atoms with E-state index in [2.05, 4.69) is 4.98 Å². The van der Waals surface area contributed by atoms with Gasteiger partial charge in [0.15, 0.2) is 0 Å². The van der Waals surface area contributed by atoms with Gasteiger partial charge in [-0.15, -0.1) is 0 Å². The summed E-state index contributed by atoms with van der Waals surface area (Å²) in [5.41, 5.74) is 1.02. The van der Waals surface area contributed by atoms with E-state index in [0.29, 0.717) is 11.1 Å². The highest BCUT2D eigenvalue weighted by atomic mass is 16.4. The lowest BCUT2D eigenvalue weighted by atomic mass is 10.1. The van der Waals surface area contributed by atoms with Crippen molar-refractivity contribution in [3.05, 3.63) is 29.6 Å². The summed E-state index contributed by atoms with van der Waals surface area (Å²) in [7, 11) is 0. The van der Waals surface area contributed by atoms with Crippen LogP contribution in [0.1, 0.15) is 15.9 Å². The third-order valence-corrected chi connectivity index (χ3v) is 3.47. The molecule has 8 heteroatoms. The molecule has 1 aromatic rings. The molecule has 1 aromatic heterocycles. The van der Waals surface area contributed by atoms with Gasteiger partial charge >= 0.3 is 12.1 Å². The normalized spacial score (nSPS) is 18.4. The number of amides is 2. The van der Waals surface area contributed by atoms with Crippen LogP contribution >= 0.6 is 0 Å². The average molecular weight is 293 g/mol. The van der Waals surface area contributed by atoms with Crippen LogP contribution in [-0.2, 0) is 4.79 Å². The van der Waals surface area contributed by atoms with Crippen LogP contribution in [0.25, 0.3) is 0 Å². The first-order chi connectivity index (χ1) is 9.91. The number of aryl methyl sites for hydroxylation is 1. The fraction of sp³-hybridized carbons (Fsp3) is 0.385. The van der Waals surface area contributed by atoms with Crippen molar-refractivity contribution in [3.8, 4) is 0 Å². The summed E-state index contributed by atoms with van der Waals surface area (Å²) in [6, 6.07) is 0.471. The van der Waals surface area contributed by atoms with Crippen molar-refractivity contribution in [2.24, 2.45) is 0 Å². The molecule has 0 bridgehead atoms. The molecule has 0 radical (unpaired) electrons. The van der Waals surface area contributed by atoms with Gasteiger partial charge in [0.2, 0.25) is 0 Å². The molecule has 2 heterocycles. The Labute approximate surface area is 120 Å². The standard InChI is InChI=1S/C13H15N3O5/c1-8-2-3-14-6-9(8)11(17)16-5-4-15(13(20)21)7-10(16)12(18)19/h2-3,6,10H,4-5,7H2,1H3,(H,18,19)(H,20,21).